The van der Waals surface area contributed by atoms with Crippen LogP contribution >= 0.6 is 0 Å². The molecule has 1 saturated carbocycles. The summed E-state index contributed by atoms with van der Waals surface area (Å²) in [7, 11) is 1.60. The summed E-state index contributed by atoms with van der Waals surface area (Å²) in [5.41, 5.74) is 4.03. The molecule has 2 aromatic carbocycles. The number of carboxylic acid groups (broad SMARTS) is 1. The molecule has 0 amide bonds. The normalized spacial score (nSPS) is 23.6. The lowest BCUT2D eigenvalue weighted by atomic mass is 9.97. The third-order valence-corrected chi connectivity index (χ3v) is 8.44. The van der Waals surface area contributed by atoms with Gasteiger partial charge >= 0.3 is 5.97 Å². The molecule has 38 heavy (non-hydrogen) atoms. The highest BCUT2D eigenvalue weighted by Crippen LogP contribution is 2.62. The summed E-state index contributed by atoms with van der Waals surface area (Å²) in [5, 5.41) is 13.2. The molecule has 3 heterocycles. The third-order valence-electron chi connectivity index (χ3n) is 8.44. The fourth-order valence-corrected chi connectivity index (χ4v) is 6.30. The summed E-state index contributed by atoms with van der Waals surface area (Å²) >= 11 is 0. The zero-order valence-electron chi connectivity index (χ0n) is 21.7. The van der Waals surface area contributed by atoms with E-state index in [1.165, 1.54) is 0 Å². The van der Waals surface area contributed by atoms with E-state index in [-0.39, 0.29) is 24.4 Å². The van der Waals surface area contributed by atoms with Gasteiger partial charge in [0.15, 0.2) is 0 Å². The Balaban J connectivity index is 1.29. The molecular formula is C30H32FN3O4. The van der Waals surface area contributed by atoms with Crippen LogP contribution in [0.3, 0.4) is 0 Å². The molecule has 2 fully saturated rings. The van der Waals surface area contributed by atoms with Gasteiger partial charge in [-0.05, 0) is 67.1 Å². The molecule has 1 aromatic heterocycles. The van der Waals surface area contributed by atoms with Crippen LogP contribution in [0.4, 0.5) is 10.2 Å². The van der Waals surface area contributed by atoms with Crippen LogP contribution in [0.25, 0.3) is 11.3 Å². The Bertz CT molecular complexity index is 1400. The van der Waals surface area contributed by atoms with Gasteiger partial charge in [-0.3, -0.25) is 4.79 Å². The van der Waals surface area contributed by atoms with Gasteiger partial charge in [0.05, 0.1) is 23.8 Å². The second-order valence-electron chi connectivity index (χ2n) is 10.6. The van der Waals surface area contributed by atoms with Crippen molar-refractivity contribution in [3.8, 4) is 17.0 Å². The van der Waals surface area contributed by atoms with Crippen molar-refractivity contribution in [3.05, 3.63) is 76.6 Å². The van der Waals surface area contributed by atoms with Crippen molar-refractivity contribution in [1.82, 2.24) is 10.3 Å². The average Bonchev–Trinajstić information content (AvgIpc) is 3.58. The molecule has 0 spiro atoms. The lowest BCUT2D eigenvalue weighted by molar-refractivity contribution is -0.144. The number of pyridine rings is 1. The topological polar surface area (TPSA) is 83.9 Å². The maximum absolute atomic E-state index is 15.3. The van der Waals surface area contributed by atoms with Crippen LogP contribution in [-0.2, 0) is 29.1 Å². The smallest absolute Gasteiger partial charge is 0.312 e. The number of hydrogen-bond acceptors (Lipinski definition) is 6. The number of benzene rings is 2. The molecule has 6 rings (SSSR count). The first-order valence-corrected chi connectivity index (χ1v) is 13.1. The maximum atomic E-state index is 15.3. The van der Waals surface area contributed by atoms with E-state index in [0.717, 1.165) is 40.3 Å². The van der Waals surface area contributed by atoms with Crippen molar-refractivity contribution < 1.29 is 23.8 Å². The van der Waals surface area contributed by atoms with E-state index in [4.69, 9.17) is 14.5 Å². The number of rotatable bonds is 8. The molecule has 8 heteroatoms. The number of anilines is 1. The van der Waals surface area contributed by atoms with Crippen LogP contribution in [0, 0.1) is 24.1 Å². The summed E-state index contributed by atoms with van der Waals surface area (Å²) in [6.07, 6.45) is 1.35. The van der Waals surface area contributed by atoms with Crippen LogP contribution < -0.4 is 15.0 Å². The highest BCUT2D eigenvalue weighted by atomic mass is 19.1. The summed E-state index contributed by atoms with van der Waals surface area (Å²) in [4.78, 5) is 19.2. The fraction of sp³-hybridized carbons (Fsp3) is 0.400. The number of nitrogens with zero attached hydrogens (tertiary/aromatic N) is 2. The molecule has 1 saturated heterocycles. The van der Waals surface area contributed by atoms with Crippen molar-refractivity contribution in [3.63, 3.8) is 0 Å². The van der Waals surface area contributed by atoms with Crippen LogP contribution in [0.15, 0.2) is 48.5 Å². The number of piperidine rings is 1. The summed E-state index contributed by atoms with van der Waals surface area (Å²) in [6.45, 7) is 4.52. The van der Waals surface area contributed by atoms with Gasteiger partial charge in [-0.25, -0.2) is 9.37 Å². The first-order valence-electron chi connectivity index (χ1n) is 13.1. The van der Waals surface area contributed by atoms with Crippen molar-refractivity contribution in [2.75, 3.05) is 31.7 Å². The molecular weight excluding hydrogens is 485 g/mol. The van der Waals surface area contributed by atoms with Crippen molar-refractivity contribution in [1.29, 1.82) is 0 Å². The standard InChI is InChI=1S/C30H32FN3O4/c1-18-5-3-6-23(28(18)38-16-20-10-9-19-14-32-12-11-22(19)27(20)31)24-7-4-8-26(33-24)34-15-21-13-30(21,29(35)36)25(34)17-37-2/h3-10,21,25,32H,11-17H2,1-2H3,(H,35,36)/t21-,25+,30+/m0/s1. The van der Waals surface area contributed by atoms with Gasteiger partial charge in [0.25, 0.3) is 0 Å². The van der Waals surface area contributed by atoms with Crippen molar-refractivity contribution in [2.24, 2.45) is 11.3 Å². The van der Waals surface area contributed by atoms with E-state index in [2.05, 4.69) is 10.2 Å². The molecule has 3 atom stereocenters. The number of ether oxygens (including phenoxy) is 2. The number of fused-ring (bicyclic) bond motifs is 2. The van der Waals surface area contributed by atoms with Gasteiger partial charge in [0.2, 0.25) is 0 Å². The van der Waals surface area contributed by atoms with E-state index in [1.54, 1.807) is 7.11 Å². The molecule has 1 aliphatic carbocycles. The highest BCUT2D eigenvalue weighted by molar-refractivity contribution is 5.82. The maximum Gasteiger partial charge on any atom is 0.312 e. The lowest BCUT2D eigenvalue weighted by Crippen LogP contribution is -2.43. The van der Waals surface area contributed by atoms with E-state index in [9.17, 15) is 9.90 Å². The molecule has 198 valence electrons. The highest BCUT2D eigenvalue weighted by Gasteiger charge is 2.71. The SMILES string of the molecule is COC[C@H]1N(c2cccc(-c3cccc(C)c3OCc3ccc4c(c3F)CCNC4)n2)C[C@@H]2C[C@@]21C(=O)O. The number of hydrogen-bond donors (Lipinski definition) is 2. The molecule has 0 unspecified atom stereocenters. The van der Waals surface area contributed by atoms with Gasteiger partial charge in [0.1, 0.15) is 24.0 Å². The summed E-state index contributed by atoms with van der Waals surface area (Å²) in [5.74, 6) is 0.548. The van der Waals surface area contributed by atoms with Gasteiger partial charge < -0.3 is 24.8 Å². The number of methoxy groups -OCH3 is 1. The van der Waals surface area contributed by atoms with Crippen molar-refractivity contribution >= 4 is 11.8 Å². The average molecular weight is 518 g/mol. The Morgan fingerprint density at radius 3 is 2.89 bits per heavy atom. The van der Waals surface area contributed by atoms with E-state index in [1.807, 2.05) is 55.5 Å². The predicted octanol–water partition coefficient (Wildman–Crippen LogP) is 4.35. The Hall–Kier alpha value is -3.49. The van der Waals surface area contributed by atoms with Crippen LogP contribution in [0.5, 0.6) is 5.75 Å². The number of para-hydroxylation sites is 1. The van der Waals surface area contributed by atoms with Gasteiger partial charge in [-0.2, -0.15) is 0 Å². The monoisotopic (exact) mass is 517 g/mol. The van der Waals surface area contributed by atoms with Gasteiger partial charge in [-0.1, -0.05) is 30.3 Å². The first kappa shape index (κ1) is 24.8. The molecule has 3 aromatic rings. The third kappa shape index (κ3) is 4.03. The number of nitrogens with one attached hydrogen (secondary N) is 1. The fourth-order valence-electron chi connectivity index (χ4n) is 6.30. The number of halogens is 1. The Kier molecular flexibility index (Phi) is 6.32. The molecule has 3 aliphatic rings. The number of carbonyl (C=O) groups is 1. The molecule has 7 nitrogen and oxygen atoms in total. The van der Waals surface area contributed by atoms with Crippen LogP contribution in [0.1, 0.15) is 28.7 Å². The molecule has 0 radical (unpaired) electrons. The molecule has 2 aliphatic heterocycles. The number of carboxylic acids is 1. The van der Waals surface area contributed by atoms with E-state index in [0.29, 0.717) is 43.9 Å². The summed E-state index contributed by atoms with van der Waals surface area (Å²) < 4.78 is 27.0. The quantitative estimate of drug-likeness (QED) is 0.460. The van der Waals surface area contributed by atoms with Crippen LogP contribution in [0.2, 0.25) is 0 Å². The molecule has 2 N–H and O–H groups in total. The minimum atomic E-state index is -0.764. The minimum absolute atomic E-state index is 0.103. The number of aliphatic carboxylic acids is 1. The van der Waals surface area contributed by atoms with Gasteiger partial charge in [0, 0.05) is 31.3 Å². The minimum Gasteiger partial charge on any atom is -0.488 e. The Morgan fingerprint density at radius 1 is 1.24 bits per heavy atom. The zero-order valence-corrected chi connectivity index (χ0v) is 21.7. The van der Waals surface area contributed by atoms with E-state index < -0.39 is 11.4 Å². The van der Waals surface area contributed by atoms with Crippen LogP contribution in [-0.4, -0.2) is 48.9 Å². The lowest BCUT2D eigenvalue weighted by Gasteiger charge is -2.31. The van der Waals surface area contributed by atoms with Crippen molar-refractivity contribution in [2.45, 2.75) is 39.0 Å². The number of aromatic nitrogens is 1. The van der Waals surface area contributed by atoms with Gasteiger partial charge in [-0.15, -0.1) is 0 Å². The largest absolute Gasteiger partial charge is 0.488 e. The first-order chi connectivity index (χ1) is 18.4. The second-order valence-corrected chi connectivity index (χ2v) is 10.6. The second kappa shape index (κ2) is 9.67. The summed E-state index contributed by atoms with van der Waals surface area (Å²) in [6, 6.07) is 15.2. The van der Waals surface area contributed by atoms with E-state index >= 15 is 4.39 Å². The Morgan fingerprint density at radius 2 is 2.08 bits per heavy atom. The zero-order chi connectivity index (χ0) is 26.4. The number of aryl methyl sites for hydroxylation is 1. The Labute approximate surface area is 221 Å². The molecule has 0 bridgehead atoms. The predicted molar refractivity (Wildman–Crippen MR) is 142 cm³/mol.